The molecular formula is C9H16F3NO2. The van der Waals surface area contributed by atoms with Crippen LogP contribution >= 0.6 is 0 Å². The molecule has 0 unspecified atom stereocenters. The van der Waals surface area contributed by atoms with Crippen molar-refractivity contribution >= 4 is 0 Å². The quantitative estimate of drug-likeness (QED) is 0.790. The topological polar surface area (TPSA) is 32.7 Å². The average Bonchev–Trinajstić information content (AvgIpc) is 2.06. The van der Waals surface area contributed by atoms with E-state index in [0.29, 0.717) is 25.9 Å². The van der Waals surface area contributed by atoms with Crippen LogP contribution in [0.15, 0.2) is 0 Å². The molecule has 1 aliphatic heterocycles. The van der Waals surface area contributed by atoms with Crippen molar-refractivity contribution < 1.29 is 23.0 Å². The van der Waals surface area contributed by atoms with Crippen molar-refractivity contribution in [3.8, 4) is 0 Å². The fourth-order valence-electron chi connectivity index (χ4n) is 1.55. The molecule has 90 valence electrons. The Bertz CT molecular complexity index is 196. The SMILES string of the molecule is CC1(O)CCN(CCOC(F)(F)F)CC1. The maximum Gasteiger partial charge on any atom is 0.522 e. The zero-order valence-corrected chi connectivity index (χ0v) is 8.68. The Labute approximate surface area is 86.8 Å². The molecule has 0 radical (unpaired) electrons. The first-order valence-corrected chi connectivity index (χ1v) is 4.94. The lowest BCUT2D eigenvalue weighted by atomic mass is 9.94. The summed E-state index contributed by atoms with van der Waals surface area (Å²) < 4.78 is 38.6. The normalized spacial score (nSPS) is 23.0. The van der Waals surface area contributed by atoms with Gasteiger partial charge in [0.25, 0.3) is 0 Å². The van der Waals surface area contributed by atoms with Crippen molar-refractivity contribution in [1.82, 2.24) is 4.90 Å². The third-order valence-electron chi connectivity index (χ3n) is 2.61. The average molecular weight is 227 g/mol. The molecule has 1 aliphatic rings. The van der Waals surface area contributed by atoms with Crippen LogP contribution in [0.5, 0.6) is 0 Å². The van der Waals surface area contributed by atoms with Gasteiger partial charge in [-0.1, -0.05) is 0 Å². The van der Waals surface area contributed by atoms with Gasteiger partial charge in [0.1, 0.15) is 0 Å². The van der Waals surface area contributed by atoms with Crippen LogP contribution in [0, 0.1) is 0 Å². The molecule has 6 heteroatoms. The Morgan fingerprint density at radius 2 is 1.87 bits per heavy atom. The van der Waals surface area contributed by atoms with Crippen LogP contribution in [0.4, 0.5) is 13.2 Å². The van der Waals surface area contributed by atoms with E-state index in [1.807, 2.05) is 4.90 Å². The van der Waals surface area contributed by atoms with Gasteiger partial charge in [0, 0.05) is 19.6 Å². The van der Waals surface area contributed by atoms with Gasteiger partial charge in [-0.05, 0) is 19.8 Å². The molecule has 0 amide bonds. The van der Waals surface area contributed by atoms with Crippen LogP contribution in [0.2, 0.25) is 0 Å². The minimum atomic E-state index is -4.54. The smallest absolute Gasteiger partial charge is 0.390 e. The highest BCUT2D eigenvalue weighted by Gasteiger charge is 2.30. The summed E-state index contributed by atoms with van der Waals surface area (Å²) in [5.74, 6) is 0. The second kappa shape index (κ2) is 4.67. The molecule has 15 heavy (non-hydrogen) atoms. The first-order chi connectivity index (χ1) is 6.79. The van der Waals surface area contributed by atoms with Gasteiger partial charge in [-0.2, -0.15) is 0 Å². The van der Waals surface area contributed by atoms with Gasteiger partial charge >= 0.3 is 6.36 Å². The Hall–Kier alpha value is -0.330. The summed E-state index contributed by atoms with van der Waals surface area (Å²) >= 11 is 0. The van der Waals surface area contributed by atoms with Crippen molar-refractivity contribution in [3.05, 3.63) is 0 Å². The number of nitrogens with zero attached hydrogens (tertiary/aromatic N) is 1. The molecule has 1 rings (SSSR count). The first-order valence-electron chi connectivity index (χ1n) is 4.94. The number of likely N-dealkylation sites (tertiary alicyclic amines) is 1. The number of piperidine rings is 1. The standard InChI is InChI=1S/C9H16F3NO2/c1-8(14)2-4-13(5-3-8)6-7-15-9(10,11)12/h14H,2-7H2,1H3. The summed E-state index contributed by atoms with van der Waals surface area (Å²) in [5, 5.41) is 9.61. The third-order valence-corrected chi connectivity index (χ3v) is 2.61. The monoisotopic (exact) mass is 227 g/mol. The summed E-state index contributed by atoms with van der Waals surface area (Å²) in [6.07, 6.45) is -3.35. The highest BCUT2D eigenvalue weighted by Crippen LogP contribution is 2.21. The van der Waals surface area contributed by atoms with Gasteiger partial charge in [0.2, 0.25) is 0 Å². The molecule has 0 saturated carbocycles. The van der Waals surface area contributed by atoms with E-state index in [0.717, 1.165) is 0 Å². The van der Waals surface area contributed by atoms with E-state index in [1.54, 1.807) is 6.92 Å². The van der Waals surface area contributed by atoms with Crippen LogP contribution in [-0.2, 0) is 4.74 Å². The number of halogens is 3. The van der Waals surface area contributed by atoms with Crippen molar-refractivity contribution in [2.24, 2.45) is 0 Å². The summed E-state index contributed by atoms with van der Waals surface area (Å²) in [4.78, 5) is 1.86. The lowest BCUT2D eigenvalue weighted by molar-refractivity contribution is -0.325. The van der Waals surface area contributed by atoms with Crippen molar-refractivity contribution in [2.45, 2.75) is 31.7 Å². The van der Waals surface area contributed by atoms with E-state index in [9.17, 15) is 18.3 Å². The molecule has 0 aromatic rings. The molecular weight excluding hydrogens is 211 g/mol. The van der Waals surface area contributed by atoms with E-state index in [2.05, 4.69) is 4.74 Å². The van der Waals surface area contributed by atoms with Gasteiger partial charge in [-0.15, -0.1) is 13.2 Å². The predicted octanol–water partition coefficient (Wildman–Crippen LogP) is 1.37. The van der Waals surface area contributed by atoms with E-state index in [-0.39, 0.29) is 13.2 Å². The fraction of sp³-hybridized carbons (Fsp3) is 1.00. The number of aliphatic hydroxyl groups is 1. The minimum absolute atomic E-state index is 0.260. The Balaban J connectivity index is 2.14. The van der Waals surface area contributed by atoms with Crippen LogP contribution in [0.1, 0.15) is 19.8 Å². The molecule has 0 spiro atoms. The van der Waals surface area contributed by atoms with Crippen molar-refractivity contribution in [2.75, 3.05) is 26.2 Å². The summed E-state index contributed by atoms with van der Waals surface area (Å²) in [5.41, 5.74) is -0.665. The summed E-state index contributed by atoms with van der Waals surface area (Å²) in [7, 11) is 0. The van der Waals surface area contributed by atoms with E-state index in [4.69, 9.17) is 0 Å². The van der Waals surface area contributed by atoms with Crippen LogP contribution in [0.3, 0.4) is 0 Å². The lowest BCUT2D eigenvalue weighted by Crippen LogP contribution is -2.43. The molecule has 0 aliphatic carbocycles. The zero-order valence-electron chi connectivity index (χ0n) is 8.68. The number of rotatable bonds is 3. The summed E-state index contributed by atoms with van der Waals surface area (Å²) in [6.45, 7) is 2.90. The highest BCUT2D eigenvalue weighted by molar-refractivity contribution is 4.81. The molecule has 1 N–H and O–H groups in total. The minimum Gasteiger partial charge on any atom is -0.390 e. The second-order valence-electron chi connectivity index (χ2n) is 4.13. The molecule has 0 aromatic carbocycles. The van der Waals surface area contributed by atoms with Gasteiger partial charge in [-0.3, -0.25) is 4.74 Å². The number of alkyl halides is 3. The van der Waals surface area contributed by atoms with E-state index >= 15 is 0 Å². The molecule has 1 saturated heterocycles. The number of hydrogen-bond donors (Lipinski definition) is 1. The van der Waals surface area contributed by atoms with Crippen LogP contribution in [-0.4, -0.2) is 48.2 Å². The first kappa shape index (κ1) is 12.7. The van der Waals surface area contributed by atoms with E-state index < -0.39 is 12.0 Å². The van der Waals surface area contributed by atoms with Gasteiger partial charge in [0.05, 0.1) is 12.2 Å². The Morgan fingerprint density at radius 1 is 1.33 bits per heavy atom. The van der Waals surface area contributed by atoms with Gasteiger partial charge < -0.3 is 10.0 Å². The van der Waals surface area contributed by atoms with Crippen LogP contribution < -0.4 is 0 Å². The Kier molecular flexibility index (Phi) is 3.97. The maximum atomic E-state index is 11.7. The van der Waals surface area contributed by atoms with Gasteiger partial charge in [0.15, 0.2) is 0 Å². The second-order valence-corrected chi connectivity index (χ2v) is 4.13. The van der Waals surface area contributed by atoms with Crippen LogP contribution in [0.25, 0.3) is 0 Å². The molecule has 3 nitrogen and oxygen atoms in total. The lowest BCUT2D eigenvalue weighted by Gasteiger charge is -2.35. The zero-order chi connectivity index (χ0) is 11.5. The van der Waals surface area contributed by atoms with Crippen molar-refractivity contribution in [1.29, 1.82) is 0 Å². The molecule has 0 bridgehead atoms. The maximum absolute atomic E-state index is 11.7. The largest absolute Gasteiger partial charge is 0.522 e. The summed E-state index contributed by atoms with van der Waals surface area (Å²) in [6, 6.07) is 0. The molecule has 1 fully saturated rings. The number of ether oxygens (including phenoxy) is 1. The Morgan fingerprint density at radius 3 is 2.33 bits per heavy atom. The van der Waals surface area contributed by atoms with E-state index in [1.165, 1.54) is 0 Å². The van der Waals surface area contributed by atoms with Gasteiger partial charge in [-0.25, -0.2) is 0 Å². The molecule has 0 atom stereocenters. The highest BCUT2D eigenvalue weighted by atomic mass is 19.4. The predicted molar refractivity (Wildman–Crippen MR) is 48.3 cm³/mol. The molecule has 0 aromatic heterocycles. The third kappa shape index (κ3) is 5.34. The fourth-order valence-corrected chi connectivity index (χ4v) is 1.55. The number of hydrogen-bond acceptors (Lipinski definition) is 3. The van der Waals surface area contributed by atoms with Crippen molar-refractivity contribution in [3.63, 3.8) is 0 Å². The molecule has 1 heterocycles.